The largest absolute Gasteiger partial charge is 0.335 e. The fourth-order valence-electron chi connectivity index (χ4n) is 3.40. The Balaban J connectivity index is 1.63. The standard InChI is InChI=1S/C25H18Br2N2O3/c1-15-6-10-19(11-7-15)29-24(31)20(23(30)28-25(29)32)12-16-8-9-18(22(27)13-16)14-17-4-2-3-5-21(17)26/h2-13H,14H2,1H3,(H,28,30,32)/b20-12+. The molecule has 1 saturated heterocycles. The van der Waals surface area contributed by atoms with Crippen molar-refractivity contribution < 1.29 is 14.4 Å². The molecule has 0 spiro atoms. The van der Waals surface area contributed by atoms with Crippen LogP contribution in [-0.4, -0.2) is 17.8 Å². The Kier molecular flexibility index (Phi) is 6.39. The van der Waals surface area contributed by atoms with Crippen LogP contribution in [0.1, 0.15) is 22.3 Å². The van der Waals surface area contributed by atoms with Crippen molar-refractivity contribution in [2.24, 2.45) is 0 Å². The van der Waals surface area contributed by atoms with E-state index in [1.807, 2.05) is 49.4 Å². The molecule has 4 amide bonds. The Morgan fingerprint density at radius 3 is 2.25 bits per heavy atom. The molecular formula is C25H18Br2N2O3. The zero-order chi connectivity index (χ0) is 22.8. The molecule has 3 aromatic carbocycles. The number of carbonyl (C=O) groups excluding carboxylic acids is 3. The highest BCUT2D eigenvalue weighted by atomic mass is 79.9. The highest BCUT2D eigenvalue weighted by Gasteiger charge is 2.36. The van der Waals surface area contributed by atoms with Crippen LogP contribution in [-0.2, 0) is 16.0 Å². The average molecular weight is 554 g/mol. The fourth-order valence-corrected chi connectivity index (χ4v) is 4.36. The lowest BCUT2D eigenvalue weighted by molar-refractivity contribution is -0.122. The molecule has 32 heavy (non-hydrogen) atoms. The molecule has 3 aromatic rings. The molecule has 1 aliphatic rings. The molecule has 1 N–H and O–H groups in total. The van der Waals surface area contributed by atoms with Crippen molar-refractivity contribution in [3.8, 4) is 0 Å². The summed E-state index contributed by atoms with van der Waals surface area (Å²) in [7, 11) is 0. The molecule has 160 valence electrons. The van der Waals surface area contributed by atoms with E-state index >= 15 is 0 Å². The Morgan fingerprint density at radius 2 is 1.56 bits per heavy atom. The molecule has 0 aliphatic carbocycles. The molecule has 0 atom stereocenters. The van der Waals surface area contributed by atoms with E-state index < -0.39 is 17.8 Å². The van der Waals surface area contributed by atoms with Crippen LogP contribution >= 0.6 is 31.9 Å². The van der Waals surface area contributed by atoms with E-state index in [0.717, 1.165) is 30.5 Å². The van der Waals surface area contributed by atoms with Crippen molar-refractivity contribution >= 4 is 61.5 Å². The first-order chi connectivity index (χ1) is 15.3. The topological polar surface area (TPSA) is 66.5 Å². The summed E-state index contributed by atoms with van der Waals surface area (Å²) in [5, 5.41) is 2.25. The lowest BCUT2D eigenvalue weighted by atomic mass is 10.0. The highest BCUT2D eigenvalue weighted by Crippen LogP contribution is 2.27. The lowest BCUT2D eigenvalue weighted by Crippen LogP contribution is -2.54. The summed E-state index contributed by atoms with van der Waals surface area (Å²) >= 11 is 7.16. The van der Waals surface area contributed by atoms with Crippen LogP contribution in [0.5, 0.6) is 0 Å². The number of rotatable bonds is 4. The van der Waals surface area contributed by atoms with Gasteiger partial charge in [-0.05, 0) is 60.4 Å². The Labute approximate surface area is 202 Å². The number of imide groups is 2. The average Bonchev–Trinajstić information content (AvgIpc) is 2.75. The summed E-state index contributed by atoms with van der Waals surface area (Å²) in [6.45, 7) is 1.91. The first kappa shape index (κ1) is 22.2. The Hall–Kier alpha value is -3.03. The van der Waals surface area contributed by atoms with E-state index in [4.69, 9.17) is 0 Å². The summed E-state index contributed by atoms with van der Waals surface area (Å²) < 4.78 is 1.89. The molecule has 4 rings (SSSR count). The predicted molar refractivity (Wildman–Crippen MR) is 131 cm³/mol. The molecule has 1 aliphatic heterocycles. The summed E-state index contributed by atoms with van der Waals surface area (Å²) in [6.07, 6.45) is 2.21. The summed E-state index contributed by atoms with van der Waals surface area (Å²) in [6, 6.07) is 19.8. The number of amides is 4. The van der Waals surface area contributed by atoms with Gasteiger partial charge < -0.3 is 0 Å². The van der Waals surface area contributed by atoms with E-state index in [-0.39, 0.29) is 5.57 Å². The van der Waals surface area contributed by atoms with Gasteiger partial charge in [-0.1, -0.05) is 79.9 Å². The zero-order valence-electron chi connectivity index (χ0n) is 17.1. The first-order valence-corrected chi connectivity index (χ1v) is 11.4. The van der Waals surface area contributed by atoms with Gasteiger partial charge >= 0.3 is 6.03 Å². The maximum Gasteiger partial charge on any atom is 0.335 e. The van der Waals surface area contributed by atoms with Crippen molar-refractivity contribution in [3.05, 3.63) is 104 Å². The summed E-state index contributed by atoms with van der Waals surface area (Å²) in [4.78, 5) is 38.8. The van der Waals surface area contributed by atoms with Gasteiger partial charge in [0.05, 0.1) is 5.69 Å². The van der Waals surface area contributed by atoms with Crippen LogP contribution in [0.2, 0.25) is 0 Å². The van der Waals surface area contributed by atoms with Gasteiger partial charge in [0, 0.05) is 8.95 Å². The van der Waals surface area contributed by atoms with E-state index in [1.54, 1.807) is 24.3 Å². The van der Waals surface area contributed by atoms with E-state index in [9.17, 15) is 14.4 Å². The number of halogens is 2. The normalized spacial score (nSPS) is 15.3. The maximum absolute atomic E-state index is 13.0. The minimum Gasteiger partial charge on any atom is -0.273 e. The monoisotopic (exact) mass is 552 g/mol. The molecule has 1 heterocycles. The van der Waals surface area contributed by atoms with E-state index in [0.29, 0.717) is 17.7 Å². The van der Waals surface area contributed by atoms with Crippen LogP contribution < -0.4 is 10.2 Å². The number of nitrogens with one attached hydrogen (secondary N) is 1. The lowest BCUT2D eigenvalue weighted by Gasteiger charge is -2.26. The Morgan fingerprint density at radius 1 is 0.875 bits per heavy atom. The van der Waals surface area contributed by atoms with Gasteiger partial charge in [0.25, 0.3) is 11.8 Å². The van der Waals surface area contributed by atoms with Crippen molar-refractivity contribution in [2.45, 2.75) is 13.3 Å². The second-order valence-corrected chi connectivity index (χ2v) is 9.12. The molecule has 7 heteroatoms. The molecule has 0 aromatic heterocycles. The van der Waals surface area contributed by atoms with Crippen LogP contribution in [0.3, 0.4) is 0 Å². The van der Waals surface area contributed by atoms with Crippen molar-refractivity contribution in [1.29, 1.82) is 0 Å². The minimum atomic E-state index is -0.758. The third kappa shape index (κ3) is 4.59. The molecule has 0 bridgehead atoms. The quantitative estimate of drug-likeness (QED) is 0.329. The smallest absolute Gasteiger partial charge is 0.273 e. The van der Waals surface area contributed by atoms with E-state index in [2.05, 4.69) is 37.2 Å². The summed E-state index contributed by atoms with van der Waals surface area (Å²) in [5.74, 6) is -1.37. The van der Waals surface area contributed by atoms with Crippen LogP contribution in [0, 0.1) is 6.92 Å². The zero-order valence-corrected chi connectivity index (χ0v) is 20.2. The Bertz CT molecular complexity index is 1270. The van der Waals surface area contributed by atoms with Gasteiger partial charge in [-0.15, -0.1) is 0 Å². The van der Waals surface area contributed by atoms with Gasteiger partial charge in [-0.25, -0.2) is 9.69 Å². The highest BCUT2D eigenvalue weighted by molar-refractivity contribution is 9.10. The van der Waals surface area contributed by atoms with E-state index in [1.165, 1.54) is 6.08 Å². The number of anilines is 1. The molecule has 0 saturated carbocycles. The molecule has 1 fully saturated rings. The third-order valence-corrected chi connectivity index (χ3v) is 6.63. The molecule has 0 unspecified atom stereocenters. The van der Waals surface area contributed by atoms with Crippen molar-refractivity contribution in [2.75, 3.05) is 4.90 Å². The maximum atomic E-state index is 13.0. The van der Waals surface area contributed by atoms with Crippen LogP contribution in [0.4, 0.5) is 10.5 Å². The number of nitrogens with zero attached hydrogens (tertiary/aromatic N) is 1. The van der Waals surface area contributed by atoms with Gasteiger partial charge in [-0.3, -0.25) is 14.9 Å². The minimum absolute atomic E-state index is 0.101. The summed E-state index contributed by atoms with van der Waals surface area (Å²) in [5.41, 5.74) is 4.18. The number of aryl methyl sites for hydroxylation is 1. The number of hydrogen-bond acceptors (Lipinski definition) is 3. The van der Waals surface area contributed by atoms with Crippen LogP contribution in [0.15, 0.2) is 81.2 Å². The van der Waals surface area contributed by atoms with Gasteiger partial charge in [0.2, 0.25) is 0 Å². The SMILES string of the molecule is Cc1ccc(N2C(=O)NC(=O)/C(=C\c3ccc(Cc4ccccc4Br)c(Br)c3)C2=O)cc1. The molecule has 5 nitrogen and oxygen atoms in total. The number of urea groups is 1. The van der Waals surface area contributed by atoms with Gasteiger partial charge in [0.1, 0.15) is 5.57 Å². The number of barbiturate groups is 1. The van der Waals surface area contributed by atoms with Gasteiger partial charge in [0.15, 0.2) is 0 Å². The van der Waals surface area contributed by atoms with Gasteiger partial charge in [-0.2, -0.15) is 0 Å². The van der Waals surface area contributed by atoms with Crippen molar-refractivity contribution in [1.82, 2.24) is 5.32 Å². The van der Waals surface area contributed by atoms with Crippen molar-refractivity contribution in [3.63, 3.8) is 0 Å². The second kappa shape index (κ2) is 9.22. The fraction of sp³-hybridized carbons (Fsp3) is 0.0800. The molecule has 0 radical (unpaired) electrons. The van der Waals surface area contributed by atoms with Crippen LogP contribution in [0.25, 0.3) is 6.08 Å². The first-order valence-electron chi connectivity index (χ1n) is 9.83. The number of carbonyl (C=O) groups is 3. The predicted octanol–water partition coefficient (Wildman–Crippen LogP) is 5.78. The second-order valence-electron chi connectivity index (χ2n) is 7.41. The number of hydrogen-bond donors (Lipinski definition) is 1. The molecular weight excluding hydrogens is 536 g/mol. The third-order valence-electron chi connectivity index (χ3n) is 5.12. The number of benzene rings is 3.